The fourth-order valence-electron chi connectivity index (χ4n) is 3.98. The smallest absolute Gasteiger partial charge is 0.219 e. The highest BCUT2D eigenvalue weighted by Gasteiger charge is 2.22. The molecule has 3 heterocycles. The number of hydrogen-bond acceptors (Lipinski definition) is 4. The lowest BCUT2D eigenvalue weighted by Gasteiger charge is -2.31. The maximum Gasteiger partial charge on any atom is 0.219 e. The molecule has 0 radical (unpaired) electrons. The Bertz CT molecular complexity index is 750. The van der Waals surface area contributed by atoms with Gasteiger partial charge in [0.05, 0.1) is 17.8 Å². The molecule has 2 aromatic rings. The zero-order valence-corrected chi connectivity index (χ0v) is 14.8. The summed E-state index contributed by atoms with van der Waals surface area (Å²) in [6.07, 6.45) is 6.58. The molecule has 0 unspecified atom stereocenters. The van der Waals surface area contributed by atoms with E-state index in [1.165, 1.54) is 29.5 Å². The molecule has 0 amide bonds. The number of nitrogens with zero attached hydrogens (tertiary/aromatic N) is 2. The van der Waals surface area contributed by atoms with Crippen molar-refractivity contribution in [2.45, 2.75) is 25.7 Å². The van der Waals surface area contributed by atoms with Crippen LogP contribution in [0.3, 0.4) is 0 Å². The number of fused-ring (bicyclic) bond motifs is 3. The van der Waals surface area contributed by atoms with Crippen LogP contribution in [0.5, 0.6) is 5.88 Å². The number of piperidine rings is 1. The minimum absolute atomic E-state index is 0.626. The van der Waals surface area contributed by atoms with E-state index in [9.17, 15) is 0 Å². The summed E-state index contributed by atoms with van der Waals surface area (Å²) in [6.45, 7) is 8.93. The molecule has 132 valence electrons. The standard InChI is InChI=1S/C21H27N3O/c1-2-12-24-13-9-16(10-14-24)15-25-21-18-7-5-11-22-20(18)17-6-3-4-8-19(17)23-21/h2-4,6,8,16,22H,1,5,7,9-15H2. The second-order valence-electron chi connectivity index (χ2n) is 7.16. The van der Waals surface area contributed by atoms with Gasteiger partial charge in [0, 0.05) is 24.0 Å². The van der Waals surface area contributed by atoms with Crippen molar-refractivity contribution >= 4 is 16.6 Å². The minimum Gasteiger partial charge on any atom is -0.477 e. The molecule has 2 aliphatic heterocycles. The number of ether oxygens (including phenoxy) is 1. The predicted octanol–water partition coefficient (Wildman–Crippen LogP) is 3.87. The molecule has 4 rings (SSSR count). The van der Waals surface area contributed by atoms with Crippen LogP contribution in [0, 0.1) is 5.92 Å². The Labute approximate surface area is 149 Å². The van der Waals surface area contributed by atoms with E-state index in [1.807, 2.05) is 12.1 Å². The van der Waals surface area contributed by atoms with Crippen molar-refractivity contribution in [2.24, 2.45) is 5.92 Å². The monoisotopic (exact) mass is 337 g/mol. The largest absolute Gasteiger partial charge is 0.477 e. The molecule has 0 spiro atoms. The van der Waals surface area contributed by atoms with Crippen LogP contribution in [0.4, 0.5) is 5.69 Å². The summed E-state index contributed by atoms with van der Waals surface area (Å²) >= 11 is 0. The van der Waals surface area contributed by atoms with E-state index in [0.29, 0.717) is 5.92 Å². The number of pyridine rings is 1. The maximum absolute atomic E-state index is 6.26. The summed E-state index contributed by atoms with van der Waals surface area (Å²) in [5.41, 5.74) is 3.51. The van der Waals surface area contributed by atoms with E-state index < -0.39 is 0 Å². The van der Waals surface area contributed by atoms with Gasteiger partial charge in [0.15, 0.2) is 0 Å². The van der Waals surface area contributed by atoms with E-state index in [0.717, 1.165) is 57.0 Å². The molecule has 0 bridgehead atoms. The van der Waals surface area contributed by atoms with Gasteiger partial charge in [-0.05, 0) is 50.8 Å². The zero-order valence-electron chi connectivity index (χ0n) is 14.8. The van der Waals surface area contributed by atoms with E-state index in [-0.39, 0.29) is 0 Å². The second-order valence-corrected chi connectivity index (χ2v) is 7.16. The van der Waals surface area contributed by atoms with Crippen LogP contribution in [0.15, 0.2) is 36.9 Å². The molecule has 4 nitrogen and oxygen atoms in total. The van der Waals surface area contributed by atoms with Crippen molar-refractivity contribution in [1.82, 2.24) is 9.88 Å². The fourth-order valence-corrected chi connectivity index (χ4v) is 3.98. The first-order valence-corrected chi connectivity index (χ1v) is 9.46. The molecule has 0 atom stereocenters. The molecule has 1 N–H and O–H groups in total. The quantitative estimate of drug-likeness (QED) is 0.841. The third-order valence-electron chi connectivity index (χ3n) is 5.41. The molecular formula is C21H27N3O. The Hall–Kier alpha value is -2.07. The molecule has 1 fully saturated rings. The molecule has 1 aromatic heterocycles. The zero-order chi connectivity index (χ0) is 17.1. The van der Waals surface area contributed by atoms with Gasteiger partial charge in [-0.15, -0.1) is 6.58 Å². The Balaban J connectivity index is 1.49. The highest BCUT2D eigenvalue weighted by atomic mass is 16.5. The molecule has 1 saturated heterocycles. The van der Waals surface area contributed by atoms with Crippen molar-refractivity contribution in [3.05, 3.63) is 42.5 Å². The van der Waals surface area contributed by atoms with Crippen molar-refractivity contribution < 1.29 is 4.74 Å². The van der Waals surface area contributed by atoms with Crippen molar-refractivity contribution in [3.8, 4) is 5.88 Å². The van der Waals surface area contributed by atoms with Crippen molar-refractivity contribution in [2.75, 3.05) is 38.1 Å². The summed E-state index contributed by atoms with van der Waals surface area (Å²) in [5, 5.41) is 4.78. The third kappa shape index (κ3) is 3.49. The van der Waals surface area contributed by atoms with Gasteiger partial charge in [-0.25, -0.2) is 4.98 Å². The number of nitrogens with one attached hydrogen (secondary N) is 1. The highest BCUT2D eigenvalue weighted by molar-refractivity contribution is 5.94. The number of para-hydroxylation sites is 1. The second kappa shape index (κ2) is 7.44. The van der Waals surface area contributed by atoms with Gasteiger partial charge in [-0.1, -0.05) is 24.3 Å². The summed E-state index contributed by atoms with van der Waals surface area (Å²) in [4.78, 5) is 7.29. The van der Waals surface area contributed by atoms with Gasteiger partial charge < -0.3 is 10.1 Å². The Kier molecular flexibility index (Phi) is 4.88. The molecule has 0 saturated carbocycles. The first-order chi connectivity index (χ1) is 12.3. The van der Waals surface area contributed by atoms with Gasteiger partial charge in [-0.2, -0.15) is 0 Å². The fraction of sp³-hybridized carbons (Fsp3) is 0.476. The van der Waals surface area contributed by atoms with Crippen LogP contribution < -0.4 is 10.1 Å². The van der Waals surface area contributed by atoms with Crippen molar-refractivity contribution in [1.29, 1.82) is 0 Å². The van der Waals surface area contributed by atoms with Crippen LogP contribution >= 0.6 is 0 Å². The summed E-state index contributed by atoms with van der Waals surface area (Å²) in [6, 6.07) is 8.35. The lowest BCUT2D eigenvalue weighted by molar-refractivity contribution is 0.147. The van der Waals surface area contributed by atoms with E-state index in [1.54, 1.807) is 0 Å². The van der Waals surface area contributed by atoms with Gasteiger partial charge in [0.1, 0.15) is 0 Å². The van der Waals surface area contributed by atoms with Crippen molar-refractivity contribution in [3.63, 3.8) is 0 Å². The first-order valence-electron chi connectivity index (χ1n) is 9.46. The first kappa shape index (κ1) is 16.4. The topological polar surface area (TPSA) is 37.4 Å². The SMILES string of the molecule is C=CCN1CCC(COc2nc3ccccc3c3c2CCCN3)CC1. The van der Waals surface area contributed by atoms with Gasteiger partial charge in [0.2, 0.25) is 5.88 Å². The average Bonchev–Trinajstić information content (AvgIpc) is 2.67. The van der Waals surface area contributed by atoms with Crippen LogP contribution in [0.1, 0.15) is 24.8 Å². The third-order valence-corrected chi connectivity index (χ3v) is 5.41. The minimum atomic E-state index is 0.626. The molecule has 0 aliphatic carbocycles. The molecular weight excluding hydrogens is 310 g/mol. The molecule has 1 aromatic carbocycles. The van der Waals surface area contributed by atoms with Gasteiger partial charge in [-0.3, -0.25) is 4.90 Å². The maximum atomic E-state index is 6.26. The number of aromatic nitrogens is 1. The van der Waals surface area contributed by atoms with Gasteiger partial charge >= 0.3 is 0 Å². The van der Waals surface area contributed by atoms with E-state index in [4.69, 9.17) is 9.72 Å². The summed E-state index contributed by atoms with van der Waals surface area (Å²) in [7, 11) is 0. The van der Waals surface area contributed by atoms with Crippen LogP contribution in [0.2, 0.25) is 0 Å². The van der Waals surface area contributed by atoms with E-state index in [2.05, 4.69) is 35.0 Å². The van der Waals surface area contributed by atoms with Crippen LogP contribution in [-0.2, 0) is 6.42 Å². The lowest BCUT2D eigenvalue weighted by atomic mass is 9.97. The molecule has 25 heavy (non-hydrogen) atoms. The number of rotatable bonds is 5. The molecule has 4 heteroatoms. The Morgan fingerprint density at radius 2 is 2.12 bits per heavy atom. The number of anilines is 1. The summed E-state index contributed by atoms with van der Waals surface area (Å²) in [5.74, 6) is 1.47. The Morgan fingerprint density at radius 3 is 2.96 bits per heavy atom. The summed E-state index contributed by atoms with van der Waals surface area (Å²) < 4.78 is 6.26. The number of benzene rings is 1. The normalized spacial score (nSPS) is 18.6. The van der Waals surface area contributed by atoms with E-state index >= 15 is 0 Å². The highest BCUT2D eigenvalue weighted by Crippen LogP contribution is 2.36. The van der Waals surface area contributed by atoms with Crippen LogP contribution in [0.25, 0.3) is 10.9 Å². The van der Waals surface area contributed by atoms with Gasteiger partial charge in [0.25, 0.3) is 0 Å². The lowest BCUT2D eigenvalue weighted by Crippen LogP contribution is -2.35. The number of likely N-dealkylation sites (tertiary alicyclic amines) is 1. The van der Waals surface area contributed by atoms with Crippen LogP contribution in [-0.4, -0.2) is 42.7 Å². The molecule has 2 aliphatic rings. The Morgan fingerprint density at radius 1 is 1.28 bits per heavy atom. The predicted molar refractivity (Wildman–Crippen MR) is 103 cm³/mol. The number of hydrogen-bond donors (Lipinski definition) is 1. The average molecular weight is 337 g/mol.